The van der Waals surface area contributed by atoms with Gasteiger partial charge in [-0.05, 0) is 61.6 Å². The number of nitrogens with zero attached hydrogens (tertiary/aromatic N) is 2. The molecule has 2 heterocycles. The molecule has 1 aliphatic rings. The van der Waals surface area contributed by atoms with Crippen molar-refractivity contribution in [2.24, 2.45) is 0 Å². The lowest BCUT2D eigenvalue weighted by Gasteiger charge is -2.13. The minimum atomic E-state index is -0.242. The molecule has 148 valence electrons. The number of aryl methyl sites for hydroxylation is 1. The van der Waals surface area contributed by atoms with Crippen molar-refractivity contribution >= 4 is 29.1 Å². The third-order valence-electron chi connectivity index (χ3n) is 4.91. The Kier molecular flexibility index (Phi) is 5.76. The van der Waals surface area contributed by atoms with E-state index in [2.05, 4.69) is 16.4 Å². The fraction of sp³-hybridized carbons (Fsp3) is 0.261. The number of hydrogen-bond acceptors (Lipinski definition) is 5. The number of esters is 1. The Balaban J connectivity index is 1.59. The van der Waals surface area contributed by atoms with E-state index in [1.165, 1.54) is 5.56 Å². The number of hydrogen-bond donors (Lipinski definition) is 1. The fourth-order valence-corrected chi connectivity index (χ4v) is 3.76. The summed E-state index contributed by atoms with van der Waals surface area (Å²) in [6.45, 7) is 2.18. The molecule has 0 saturated carbocycles. The van der Waals surface area contributed by atoms with Crippen molar-refractivity contribution < 1.29 is 9.53 Å². The van der Waals surface area contributed by atoms with Crippen LogP contribution in [0.1, 0.15) is 30.2 Å². The molecule has 0 atom stereocenters. The maximum atomic E-state index is 11.6. The Morgan fingerprint density at radius 2 is 2.10 bits per heavy atom. The number of carbonyl (C=O) groups excluding carboxylic acids is 1. The Hall–Kier alpha value is -2.92. The minimum absolute atomic E-state index is 0.227. The molecule has 0 amide bonds. The largest absolute Gasteiger partial charge is 0.466 e. The molecular formula is C23H22ClN3O2. The van der Waals surface area contributed by atoms with Gasteiger partial charge in [-0.15, -0.1) is 0 Å². The Labute approximate surface area is 175 Å². The van der Waals surface area contributed by atoms with E-state index in [0.717, 1.165) is 53.3 Å². The van der Waals surface area contributed by atoms with E-state index < -0.39 is 0 Å². The highest BCUT2D eigenvalue weighted by Crippen LogP contribution is 2.33. The summed E-state index contributed by atoms with van der Waals surface area (Å²) in [6.07, 6.45) is 5.01. The summed E-state index contributed by atoms with van der Waals surface area (Å²) in [5, 5.41) is 4.13. The van der Waals surface area contributed by atoms with Gasteiger partial charge in [-0.1, -0.05) is 29.8 Å². The lowest BCUT2D eigenvalue weighted by molar-refractivity contribution is -0.142. The summed E-state index contributed by atoms with van der Waals surface area (Å²) in [4.78, 5) is 21.0. The molecule has 4 rings (SSSR count). The molecule has 2 aromatic heterocycles. The Bertz CT molecular complexity index is 1030. The van der Waals surface area contributed by atoms with Gasteiger partial charge < -0.3 is 10.1 Å². The molecule has 29 heavy (non-hydrogen) atoms. The van der Waals surface area contributed by atoms with Crippen LogP contribution in [-0.2, 0) is 28.8 Å². The topological polar surface area (TPSA) is 64.1 Å². The monoisotopic (exact) mass is 407 g/mol. The first-order valence-corrected chi connectivity index (χ1v) is 10.2. The van der Waals surface area contributed by atoms with Crippen LogP contribution in [0.25, 0.3) is 11.3 Å². The van der Waals surface area contributed by atoms with Crippen molar-refractivity contribution in [3.8, 4) is 11.3 Å². The predicted molar refractivity (Wildman–Crippen MR) is 115 cm³/mol. The minimum Gasteiger partial charge on any atom is -0.466 e. The summed E-state index contributed by atoms with van der Waals surface area (Å²) in [7, 11) is 0. The zero-order chi connectivity index (χ0) is 20.2. The van der Waals surface area contributed by atoms with Crippen molar-refractivity contribution in [1.82, 2.24) is 9.97 Å². The van der Waals surface area contributed by atoms with Crippen molar-refractivity contribution in [2.75, 3.05) is 11.9 Å². The smallest absolute Gasteiger partial charge is 0.310 e. The number of ether oxygens (including phenoxy) is 1. The van der Waals surface area contributed by atoms with Gasteiger partial charge in [-0.25, -0.2) is 4.98 Å². The molecule has 1 aromatic carbocycles. The number of rotatable bonds is 6. The number of benzene rings is 1. The van der Waals surface area contributed by atoms with Crippen LogP contribution >= 0.6 is 11.6 Å². The van der Waals surface area contributed by atoms with E-state index in [1.807, 2.05) is 36.4 Å². The van der Waals surface area contributed by atoms with Crippen molar-refractivity contribution in [3.05, 3.63) is 70.5 Å². The normalized spacial score (nSPS) is 12.5. The van der Waals surface area contributed by atoms with Gasteiger partial charge in [0.05, 0.1) is 18.7 Å². The second-order valence-electron chi connectivity index (χ2n) is 7.00. The molecule has 0 radical (unpaired) electrons. The molecule has 0 bridgehead atoms. The molecule has 0 saturated heterocycles. The van der Waals surface area contributed by atoms with E-state index >= 15 is 0 Å². The van der Waals surface area contributed by atoms with Gasteiger partial charge in [0.15, 0.2) is 0 Å². The van der Waals surface area contributed by atoms with Crippen LogP contribution in [0.5, 0.6) is 0 Å². The molecule has 0 unspecified atom stereocenters. The van der Waals surface area contributed by atoms with Crippen molar-refractivity contribution in [3.63, 3.8) is 0 Å². The SMILES string of the molecule is CCOC(=O)Cc1ccc(Nc2cc(-c3cccc(Cl)c3)nc3c2CCC3)nc1. The van der Waals surface area contributed by atoms with Gasteiger partial charge in [0.2, 0.25) is 0 Å². The van der Waals surface area contributed by atoms with Crippen LogP contribution in [0.15, 0.2) is 48.7 Å². The average Bonchev–Trinajstić information content (AvgIpc) is 3.19. The number of carbonyl (C=O) groups is 1. The summed E-state index contributed by atoms with van der Waals surface area (Å²) in [5.41, 5.74) is 6.11. The van der Waals surface area contributed by atoms with Crippen LogP contribution in [0.4, 0.5) is 11.5 Å². The van der Waals surface area contributed by atoms with E-state index in [9.17, 15) is 4.79 Å². The van der Waals surface area contributed by atoms with Gasteiger partial charge in [0.25, 0.3) is 0 Å². The Morgan fingerprint density at radius 1 is 1.21 bits per heavy atom. The molecule has 1 N–H and O–H groups in total. The van der Waals surface area contributed by atoms with E-state index in [1.54, 1.807) is 13.1 Å². The van der Waals surface area contributed by atoms with Gasteiger partial charge >= 0.3 is 5.97 Å². The number of fused-ring (bicyclic) bond motifs is 1. The highest BCUT2D eigenvalue weighted by atomic mass is 35.5. The van der Waals surface area contributed by atoms with Crippen LogP contribution < -0.4 is 5.32 Å². The van der Waals surface area contributed by atoms with Gasteiger partial charge in [0.1, 0.15) is 5.82 Å². The second-order valence-corrected chi connectivity index (χ2v) is 7.44. The average molecular weight is 408 g/mol. The van der Waals surface area contributed by atoms with Crippen molar-refractivity contribution in [1.29, 1.82) is 0 Å². The van der Waals surface area contributed by atoms with Crippen LogP contribution in [0.2, 0.25) is 5.02 Å². The second kappa shape index (κ2) is 8.62. The summed E-state index contributed by atoms with van der Waals surface area (Å²) in [5.74, 6) is 0.489. The molecule has 0 fully saturated rings. The molecule has 5 nitrogen and oxygen atoms in total. The van der Waals surface area contributed by atoms with Crippen LogP contribution in [0.3, 0.4) is 0 Å². The maximum absolute atomic E-state index is 11.6. The lowest BCUT2D eigenvalue weighted by Crippen LogP contribution is -2.08. The van der Waals surface area contributed by atoms with E-state index in [0.29, 0.717) is 11.6 Å². The summed E-state index contributed by atoms with van der Waals surface area (Å²) in [6, 6.07) is 13.6. The Morgan fingerprint density at radius 3 is 2.86 bits per heavy atom. The van der Waals surface area contributed by atoms with Crippen LogP contribution in [-0.4, -0.2) is 22.5 Å². The van der Waals surface area contributed by atoms with Gasteiger partial charge in [-0.2, -0.15) is 0 Å². The highest BCUT2D eigenvalue weighted by molar-refractivity contribution is 6.30. The molecular weight excluding hydrogens is 386 g/mol. The van der Waals surface area contributed by atoms with Gasteiger partial charge in [-0.3, -0.25) is 9.78 Å². The maximum Gasteiger partial charge on any atom is 0.310 e. The summed E-state index contributed by atoms with van der Waals surface area (Å²) >= 11 is 6.17. The number of pyridine rings is 2. The van der Waals surface area contributed by atoms with E-state index in [-0.39, 0.29) is 12.4 Å². The number of anilines is 2. The number of halogens is 1. The first kappa shape index (κ1) is 19.4. The molecule has 0 aliphatic heterocycles. The zero-order valence-electron chi connectivity index (χ0n) is 16.2. The first-order chi connectivity index (χ1) is 14.1. The lowest BCUT2D eigenvalue weighted by atomic mass is 10.1. The first-order valence-electron chi connectivity index (χ1n) is 9.78. The third kappa shape index (κ3) is 4.57. The molecule has 3 aromatic rings. The molecule has 0 spiro atoms. The molecule has 6 heteroatoms. The number of nitrogens with one attached hydrogen (secondary N) is 1. The highest BCUT2D eigenvalue weighted by Gasteiger charge is 2.19. The summed E-state index contributed by atoms with van der Waals surface area (Å²) < 4.78 is 4.99. The standard InChI is InChI=1S/C23H22ClN3O2/c1-2-29-23(28)11-15-9-10-22(25-14-15)27-21-13-20(16-5-3-6-17(24)12-16)26-19-8-4-7-18(19)21/h3,5-6,9-10,12-14H,2,4,7-8,11H2,1H3,(H,25,26,27). The van der Waals surface area contributed by atoms with Gasteiger partial charge in [0, 0.05) is 28.2 Å². The van der Waals surface area contributed by atoms with E-state index in [4.69, 9.17) is 21.3 Å². The third-order valence-corrected chi connectivity index (χ3v) is 5.15. The fourth-order valence-electron chi connectivity index (χ4n) is 3.57. The quantitative estimate of drug-likeness (QED) is 0.573. The van der Waals surface area contributed by atoms with Crippen LogP contribution in [0, 0.1) is 0 Å². The van der Waals surface area contributed by atoms with Crippen molar-refractivity contribution in [2.45, 2.75) is 32.6 Å². The zero-order valence-corrected chi connectivity index (χ0v) is 17.0. The predicted octanol–water partition coefficient (Wildman–Crippen LogP) is 5.13. The molecule has 1 aliphatic carbocycles. The number of aromatic nitrogens is 2.